The second-order valence-corrected chi connectivity index (χ2v) is 8.15. The van der Waals surface area contributed by atoms with Crippen molar-refractivity contribution >= 4 is 29.9 Å². The third-order valence-electron chi connectivity index (χ3n) is 6.05. The number of piperidine rings is 1. The number of nitrogens with one attached hydrogen (secondary N) is 2. The van der Waals surface area contributed by atoms with Crippen LogP contribution in [-0.2, 0) is 19.5 Å². The Bertz CT molecular complexity index is 814. The lowest BCUT2D eigenvalue weighted by Gasteiger charge is -2.33. The number of hydrogen-bond acceptors (Lipinski definition) is 5. The van der Waals surface area contributed by atoms with Crippen molar-refractivity contribution < 1.29 is 0 Å². The molecule has 164 valence electrons. The number of nitrogens with zero attached hydrogens (tertiary/aromatic N) is 6. The first kappa shape index (κ1) is 22.9. The van der Waals surface area contributed by atoms with E-state index in [4.69, 9.17) is 0 Å². The van der Waals surface area contributed by atoms with Crippen molar-refractivity contribution in [1.29, 1.82) is 0 Å². The fraction of sp³-hybridized carbons (Fsp3) is 0.619. The van der Waals surface area contributed by atoms with Gasteiger partial charge in [-0.2, -0.15) is 0 Å². The Hall–Kier alpha value is -1.75. The van der Waals surface area contributed by atoms with Crippen LogP contribution in [0.3, 0.4) is 0 Å². The number of pyridine rings is 1. The van der Waals surface area contributed by atoms with E-state index in [0.717, 1.165) is 81.7 Å². The van der Waals surface area contributed by atoms with Gasteiger partial charge in [-0.1, -0.05) is 6.07 Å². The van der Waals surface area contributed by atoms with Gasteiger partial charge in [-0.05, 0) is 44.2 Å². The molecule has 1 fully saturated rings. The second-order valence-electron chi connectivity index (χ2n) is 8.15. The third kappa shape index (κ3) is 5.90. The Morgan fingerprint density at radius 3 is 2.77 bits per heavy atom. The molecule has 2 aromatic rings. The van der Waals surface area contributed by atoms with Crippen LogP contribution in [0.4, 0.5) is 0 Å². The largest absolute Gasteiger partial charge is 0.356 e. The Balaban J connectivity index is 0.00000256. The van der Waals surface area contributed by atoms with Gasteiger partial charge in [0.15, 0.2) is 5.96 Å². The summed E-state index contributed by atoms with van der Waals surface area (Å²) in [4.78, 5) is 11.4. The molecule has 8 nitrogen and oxygen atoms in total. The molecule has 1 saturated heterocycles. The number of aromatic nitrogens is 4. The predicted octanol–water partition coefficient (Wildman–Crippen LogP) is 1.99. The summed E-state index contributed by atoms with van der Waals surface area (Å²) in [6, 6.07) is 6.60. The molecule has 0 radical (unpaired) electrons. The molecule has 0 bridgehead atoms. The number of guanidine groups is 1. The minimum absolute atomic E-state index is 0. The van der Waals surface area contributed by atoms with Crippen LogP contribution in [-0.4, -0.2) is 63.3 Å². The van der Waals surface area contributed by atoms with Crippen molar-refractivity contribution in [3.63, 3.8) is 0 Å². The fourth-order valence-corrected chi connectivity index (χ4v) is 4.28. The first-order chi connectivity index (χ1) is 14.2. The fourth-order valence-electron chi connectivity index (χ4n) is 4.28. The van der Waals surface area contributed by atoms with Gasteiger partial charge in [-0.3, -0.25) is 14.9 Å². The van der Waals surface area contributed by atoms with Gasteiger partial charge in [-0.25, -0.2) is 0 Å². The number of hydrogen-bond donors (Lipinski definition) is 2. The maximum atomic E-state index is 4.44. The average Bonchev–Trinajstić information content (AvgIpc) is 3.13. The van der Waals surface area contributed by atoms with E-state index in [2.05, 4.69) is 52.4 Å². The number of rotatable bonds is 5. The molecule has 2 aliphatic heterocycles. The number of aliphatic imine (C=N–C) groups is 1. The van der Waals surface area contributed by atoms with Gasteiger partial charge >= 0.3 is 0 Å². The minimum Gasteiger partial charge on any atom is -0.356 e. The van der Waals surface area contributed by atoms with Gasteiger partial charge in [0.05, 0.1) is 5.69 Å². The highest BCUT2D eigenvalue weighted by molar-refractivity contribution is 14.0. The van der Waals surface area contributed by atoms with Crippen LogP contribution in [0.2, 0.25) is 0 Å². The molecule has 30 heavy (non-hydrogen) atoms. The predicted molar refractivity (Wildman–Crippen MR) is 129 cm³/mol. The van der Waals surface area contributed by atoms with E-state index in [9.17, 15) is 0 Å². The summed E-state index contributed by atoms with van der Waals surface area (Å²) in [6.07, 6.45) is 6.28. The van der Waals surface area contributed by atoms with Crippen LogP contribution in [0.5, 0.6) is 0 Å². The van der Waals surface area contributed by atoms with Crippen LogP contribution < -0.4 is 10.6 Å². The molecule has 0 aromatic carbocycles. The van der Waals surface area contributed by atoms with Crippen molar-refractivity contribution in [1.82, 2.24) is 35.3 Å². The van der Waals surface area contributed by atoms with E-state index in [0.29, 0.717) is 12.0 Å². The van der Waals surface area contributed by atoms with Crippen molar-refractivity contribution in [3.8, 4) is 0 Å². The summed E-state index contributed by atoms with van der Waals surface area (Å²) in [6.45, 7) is 7.06. The quantitative estimate of drug-likeness (QED) is 0.354. The van der Waals surface area contributed by atoms with Crippen LogP contribution in [0.15, 0.2) is 29.4 Å². The van der Waals surface area contributed by atoms with E-state index in [1.165, 1.54) is 0 Å². The normalized spacial score (nSPS) is 20.3. The smallest absolute Gasteiger partial charge is 0.191 e. The summed E-state index contributed by atoms with van der Waals surface area (Å²) < 4.78 is 2.25. The summed E-state index contributed by atoms with van der Waals surface area (Å²) in [7, 11) is 1.86. The van der Waals surface area contributed by atoms with Gasteiger partial charge < -0.3 is 15.2 Å². The zero-order chi connectivity index (χ0) is 20.1. The van der Waals surface area contributed by atoms with Crippen molar-refractivity contribution in [2.75, 3.05) is 26.7 Å². The Morgan fingerprint density at radius 2 is 2.03 bits per heavy atom. The van der Waals surface area contributed by atoms with Gasteiger partial charge in [0.1, 0.15) is 11.6 Å². The molecular formula is C21H33IN8. The van der Waals surface area contributed by atoms with Gasteiger partial charge in [0.25, 0.3) is 0 Å². The monoisotopic (exact) mass is 524 g/mol. The molecule has 4 rings (SSSR count). The van der Waals surface area contributed by atoms with E-state index < -0.39 is 0 Å². The Kier molecular flexibility index (Phi) is 8.43. The van der Waals surface area contributed by atoms with Crippen molar-refractivity contribution in [2.45, 2.75) is 51.7 Å². The molecule has 2 aliphatic rings. The second kappa shape index (κ2) is 11.0. The summed E-state index contributed by atoms with van der Waals surface area (Å²) >= 11 is 0. The number of likely N-dealkylation sites (tertiary alicyclic amines) is 1. The standard InChI is InChI=1S/C21H32N8.HI/c1-16-26-27-20-7-6-17(14-29(16)20)13-24-21(22-2)25-18-8-11-28(12-9-18)15-19-5-3-4-10-23-19;/h3-5,10,17-18H,6-9,11-15H2,1-2H3,(H2,22,24,25);1H. The topological polar surface area (TPSA) is 83.3 Å². The molecule has 9 heteroatoms. The Morgan fingerprint density at radius 1 is 1.20 bits per heavy atom. The molecular weight excluding hydrogens is 491 g/mol. The van der Waals surface area contributed by atoms with Crippen LogP contribution >= 0.6 is 24.0 Å². The van der Waals surface area contributed by atoms with Crippen molar-refractivity contribution in [3.05, 3.63) is 41.7 Å². The molecule has 0 aliphatic carbocycles. The number of fused-ring (bicyclic) bond motifs is 1. The van der Waals surface area contributed by atoms with E-state index in [1.807, 2.05) is 26.2 Å². The lowest BCUT2D eigenvalue weighted by atomic mass is 9.99. The third-order valence-corrected chi connectivity index (χ3v) is 6.05. The molecule has 2 N–H and O–H groups in total. The first-order valence-electron chi connectivity index (χ1n) is 10.7. The van der Waals surface area contributed by atoms with Gasteiger partial charge in [0.2, 0.25) is 0 Å². The molecule has 0 spiro atoms. The molecule has 2 aromatic heterocycles. The summed E-state index contributed by atoms with van der Waals surface area (Å²) in [5.41, 5.74) is 1.15. The molecule has 0 amide bonds. The molecule has 4 heterocycles. The zero-order valence-corrected chi connectivity index (χ0v) is 20.2. The Labute approximate surface area is 196 Å². The van der Waals surface area contributed by atoms with Crippen LogP contribution in [0.25, 0.3) is 0 Å². The lowest BCUT2D eigenvalue weighted by Crippen LogP contribution is -2.49. The molecule has 1 unspecified atom stereocenters. The maximum Gasteiger partial charge on any atom is 0.191 e. The molecule has 1 atom stereocenters. The van der Waals surface area contributed by atoms with Gasteiger partial charge in [0, 0.05) is 58.4 Å². The number of halogens is 1. The summed E-state index contributed by atoms with van der Waals surface area (Å²) in [5, 5.41) is 15.6. The first-order valence-corrected chi connectivity index (χ1v) is 10.7. The SMILES string of the molecule is CN=C(NCC1CCc2nnc(C)n2C1)NC1CCN(Cc2ccccn2)CC1.I. The molecule has 0 saturated carbocycles. The maximum absolute atomic E-state index is 4.44. The van der Waals surface area contributed by atoms with Crippen molar-refractivity contribution in [2.24, 2.45) is 10.9 Å². The highest BCUT2D eigenvalue weighted by Crippen LogP contribution is 2.19. The zero-order valence-electron chi connectivity index (χ0n) is 17.9. The minimum atomic E-state index is 0. The van der Waals surface area contributed by atoms with E-state index in [-0.39, 0.29) is 24.0 Å². The average molecular weight is 524 g/mol. The highest BCUT2D eigenvalue weighted by Gasteiger charge is 2.23. The summed E-state index contributed by atoms with van der Waals surface area (Å²) in [5.74, 6) is 3.64. The van der Waals surface area contributed by atoms with Gasteiger partial charge in [-0.15, -0.1) is 34.2 Å². The van der Waals surface area contributed by atoms with Crippen LogP contribution in [0, 0.1) is 12.8 Å². The van der Waals surface area contributed by atoms with E-state index in [1.54, 1.807) is 0 Å². The highest BCUT2D eigenvalue weighted by atomic mass is 127. The number of aryl methyl sites for hydroxylation is 2. The lowest BCUT2D eigenvalue weighted by molar-refractivity contribution is 0.196. The van der Waals surface area contributed by atoms with E-state index >= 15 is 0 Å². The van der Waals surface area contributed by atoms with Crippen LogP contribution in [0.1, 0.15) is 36.6 Å².